The lowest BCUT2D eigenvalue weighted by Crippen LogP contribution is -2.46. The fraction of sp³-hybridized carbons (Fsp3) is 1.00. The van der Waals surface area contributed by atoms with Crippen LogP contribution in [0.15, 0.2) is 0 Å². The van der Waals surface area contributed by atoms with Gasteiger partial charge in [-0.15, -0.1) is 0 Å². The first-order valence-electron chi connectivity index (χ1n) is 5.35. The van der Waals surface area contributed by atoms with Gasteiger partial charge in [-0.3, -0.25) is 4.90 Å². The first-order valence-corrected chi connectivity index (χ1v) is 5.35. The summed E-state index contributed by atoms with van der Waals surface area (Å²) in [5.41, 5.74) is 0. The lowest BCUT2D eigenvalue weighted by atomic mass is 9.93. The minimum Gasteiger partial charge on any atom is -0.383 e. The highest BCUT2D eigenvalue weighted by atomic mass is 16.5. The van der Waals surface area contributed by atoms with Crippen molar-refractivity contribution in [3.8, 4) is 0 Å². The molecule has 2 saturated heterocycles. The van der Waals surface area contributed by atoms with E-state index in [1.54, 1.807) is 7.11 Å². The average molecular weight is 184 g/mol. The summed E-state index contributed by atoms with van der Waals surface area (Å²) >= 11 is 0. The van der Waals surface area contributed by atoms with E-state index < -0.39 is 0 Å². The molecule has 0 aromatic heterocycles. The Morgan fingerprint density at radius 3 is 3.23 bits per heavy atom. The van der Waals surface area contributed by atoms with Crippen molar-refractivity contribution in [2.75, 3.05) is 39.9 Å². The van der Waals surface area contributed by atoms with E-state index in [1.165, 1.54) is 32.5 Å². The van der Waals surface area contributed by atoms with Crippen LogP contribution in [0.25, 0.3) is 0 Å². The van der Waals surface area contributed by atoms with Gasteiger partial charge in [-0.25, -0.2) is 0 Å². The van der Waals surface area contributed by atoms with Gasteiger partial charge in [0.2, 0.25) is 0 Å². The van der Waals surface area contributed by atoms with Crippen LogP contribution in [0.2, 0.25) is 0 Å². The number of hydrogen-bond acceptors (Lipinski definition) is 3. The largest absolute Gasteiger partial charge is 0.383 e. The van der Waals surface area contributed by atoms with Gasteiger partial charge in [0.1, 0.15) is 0 Å². The molecule has 0 aromatic carbocycles. The minimum absolute atomic E-state index is 0.795. The molecule has 2 atom stereocenters. The van der Waals surface area contributed by atoms with Crippen LogP contribution in [-0.4, -0.2) is 50.8 Å². The van der Waals surface area contributed by atoms with Crippen molar-refractivity contribution in [2.45, 2.75) is 18.9 Å². The Hall–Kier alpha value is -0.120. The molecule has 2 aliphatic heterocycles. The summed E-state index contributed by atoms with van der Waals surface area (Å²) in [7, 11) is 1.78. The number of methoxy groups -OCH3 is 1. The van der Waals surface area contributed by atoms with E-state index in [-0.39, 0.29) is 0 Å². The van der Waals surface area contributed by atoms with Crippen molar-refractivity contribution in [1.82, 2.24) is 10.2 Å². The number of fused-ring (bicyclic) bond motifs is 1. The summed E-state index contributed by atoms with van der Waals surface area (Å²) in [5, 5.41) is 3.48. The first-order chi connectivity index (χ1) is 6.42. The van der Waals surface area contributed by atoms with Gasteiger partial charge in [-0.2, -0.15) is 0 Å². The Kier molecular flexibility index (Phi) is 3.19. The highest BCUT2D eigenvalue weighted by molar-refractivity contribution is 4.91. The average Bonchev–Trinajstić information content (AvgIpc) is 2.58. The normalized spacial score (nSPS) is 34.8. The zero-order valence-corrected chi connectivity index (χ0v) is 8.46. The molecule has 0 aromatic rings. The van der Waals surface area contributed by atoms with Crippen LogP contribution in [0, 0.1) is 5.92 Å². The van der Waals surface area contributed by atoms with Crippen LogP contribution in [0.4, 0.5) is 0 Å². The zero-order chi connectivity index (χ0) is 9.10. The number of hydrogen-bond donors (Lipinski definition) is 1. The summed E-state index contributed by atoms with van der Waals surface area (Å²) in [6, 6.07) is 0.795. The van der Waals surface area contributed by atoms with E-state index >= 15 is 0 Å². The van der Waals surface area contributed by atoms with Gasteiger partial charge >= 0.3 is 0 Å². The molecule has 1 N–H and O–H groups in total. The van der Waals surface area contributed by atoms with Gasteiger partial charge in [0.05, 0.1) is 6.61 Å². The summed E-state index contributed by atoms with van der Waals surface area (Å²) in [5.74, 6) is 0.957. The molecule has 0 amide bonds. The predicted molar refractivity (Wildman–Crippen MR) is 52.8 cm³/mol. The summed E-state index contributed by atoms with van der Waals surface area (Å²) in [6.45, 7) is 5.68. The lowest BCUT2D eigenvalue weighted by Gasteiger charge is -2.32. The molecule has 0 aliphatic carbocycles. The van der Waals surface area contributed by atoms with Crippen molar-refractivity contribution in [2.24, 2.45) is 5.92 Å². The fourth-order valence-corrected chi connectivity index (χ4v) is 2.64. The summed E-state index contributed by atoms with van der Waals surface area (Å²) in [4.78, 5) is 2.58. The molecule has 2 unspecified atom stereocenters. The lowest BCUT2D eigenvalue weighted by molar-refractivity contribution is 0.125. The van der Waals surface area contributed by atoms with E-state index in [4.69, 9.17) is 4.74 Å². The molecule has 3 nitrogen and oxygen atoms in total. The fourth-order valence-electron chi connectivity index (χ4n) is 2.64. The molecule has 2 rings (SSSR count). The van der Waals surface area contributed by atoms with Crippen LogP contribution >= 0.6 is 0 Å². The Morgan fingerprint density at radius 1 is 1.46 bits per heavy atom. The third-order valence-corrected chi connectivity index (χ3v) is 3.43. The Balaban J connectivity index is 1.84. The Bertz CT molecular complexity index is 163. The van der Waals surface area contributed by atoms with E-state index in [1.807, 2.05) is 0 Å². The van der Waals surface area contributed by atoms with Crippen LogP contribution < -0.4 is 5.32 Å². The highest BCUT2D eigenvalue weighted by Gasteiger charge is 2.34. The molecule has 2 fully saturated rings. The topological polar surface area (TPSA) is 24.5 Å². The molecule has 3 heteroatoms. The second-order valence-corrected chi connectivity index (χ2v) is 4.14. The number of nitrogens with one attached hydrogen (secondary N) is 1. The van der Waals surface area contributed by atoms with Crippen molar-refractivity contribution < 1.29 is 4.74 Å². The molecule has 0 bridgehead atoms. The van der Waals surface area contributed by atoms with Gasteiger partial charge < -0.3 is 10.1 Å². The zero-order valence-electron chi connectivity index (χ0n) is 8.46. The van der Waals surface area contributed by atoms with Crippen LogP contribution in [0.1, 0.15) is 12.8 Å². The molecular formula is C10H20N2O. The minimum atomic E-state index is 0.795. The summed E-state index contributed by atoms with van der Waals surface area (Å²) in [6.07, 6.45) is 2.77. The van der Waals surface area contributed by atoms with Gasteiger partial charge in [0.25, 0.3) is 0 Å². The predicted octanol–water partition coefficient (Wildman–Crippen LogP) is 0.317. The Labute approximate surface area is 80.4 Å². The number of nitrogens with zero attached hydrogens (tertiary/aromatic N) is 1. The van der Waals surface area contributed by atoms with Gasteiger partial charge in [-0.05, 0) is 31.8 Å². The van der Waals surface area contributed by atoms with Gasteiger partial charge in [0, 0.05) is 26.2 Å². The van der Waals surface area contributed by atoms with Crippen molar-refractivity contribution in [3.05, 3.63) is 0 Å². The van der Waals surface area contributed by atoms with Crippen molar-refractivity contribution in [3.63, 3.8) is 0 Å². The highest BCUT2D eigenvalue weighted by Crippen LogP contribution is 2.28. The maximum absolute atomic E-state index is 5.12. The van der Waals surface area contributed by atoms with E-state index in [2.05, 4.69) is 10.2 Å². The monoisotopic (exact) mass is 184 g/mol. The smallest absolute Gasteiger partial charge is 0.0589 e. The van der Waals surface area contributed by atoms with E-state index in [0.29, 0.717) is 0 Å². The van der Waals surface area contributed by atoms with E-state index in [0.717, 1.165) is 25.1 Å². The number of likely N-dealkylation sites (tertiary alicyclic amines) is 1. The number of piperidine rings is 1. The molecule has 13 heavy (non-hydrogen) atoms. The van der Waals surface area contributed by atoms with Gasteiger partial charge in [0.15, 0.2) is 0 Å². The molecule has 2 heterocycles. The molecule has 76 valence electrons. The van der Waals surface area contributed by atoms with Crippen LogP contribution in [0.3, 0.4) is 0 Å². The standard InChI is InChI=1S/C10H20N2O/c1-13-7-6-12-5-3-9-2-4-11-8-10(9)12/h9-11H,2-8H2,1H3. The quantitative estimate of drug-likeness (QED) is 0.683. The SMILES string of the molecule is COCCN1CCC2CCNCC21. The van der Waals surface area contributed by atoms with Crippen molar-refractivity contribution in [1.29, 1.82) is 0 Å². The van der Waals surface area contributed by atoms with Crippen molar-refractivity contribution >= 4 is 0 Å². The van der Waals surface area contributed by atoms with Crippen LogP contribution in [0.5, 0.6) is 0 Å². The van der Waals surface area contributed by atoms with Crippen LogP contribution in [-0.2, 0) is 4.74 Å². The van der Waals surface area contributed by atoms with Gasteiger partial charge in [-0.1, -0.05) is 0 Å². The number of rotatable bonds is 3. The molecule has 2 aliphatic rings. The van der Waals surface area contributed by atoms with E-state index in [9.17, 15) is 0 Å². The second-order valence-electron chi connectivity index (χ2n) is 4.14. The molecule has 0 spiro atoms. The number of ether oxygens (including phenoxy) is 1. The second kappa shape index (κ2) is 4.40. The third-order valence-electron chi connectivity index (χ3n) is 3.43. The molecular weight excluding hydrogens is 164 g/mol. The third kappa shape index (κ3) is 2.03. The molecule has 0 radical (unpaired) electrons. The first kappa shape index (κ1) is 9.44. The maximum Gasteiger partial charge on any atom is 0.0589 e. The maximum atomic E-state index is 5.12. The Morgan fingerprint density at radius 2 is 2.38 bits per heavy atom. The summed E-state index contributed by atoms with van der Waals surface area (Å²) < 4.78 is 5.12. The molecule has 0 saturated carbocycles.